The standard InChI is InChI=1S/C7H10N2O4S/c1-7(13)3(6(11)12)9-4(10)2(8)5(9)14-7/h2-3,5,13H,8H2,1H3,(H,11,12). The number of hydrogen-bond acceptors (Lipinski definition) is 5. The van der Waals surface area contributed by atoms with E-state index < -0.39 is 34.3 Å². The zero-order chi connectivity index (χ0) is 10.7. The first-order chi connectivity index (χ1) is 6.36. The summed E-state index contributed by atoms with van der Waals surface area (Å²) in [4.78, 5) is 21.8. The van der Waals surface area contributed by atoms with Crippen molar-refractivity contribution < 1.29 is 19.8 Å². The minimum atomic E-state index is -1.46. The quantitative estimate of drug-likeness (QED) is 0.457. The Balaban J connectivity index is 2.32. The van der Waals surface area contributed by atoms with Gasteiger partial charge < -0.3 is 20.8 Å². The molecule has 2 fully saturated rings. The molecule has 7 heteroatoms. The van der Waals surface area contributed by atoms with E-state index in [-0.39, 0.29) is 0 Å². The summed E-state index contributed by atoms with van der Waals surface area (Å²) in [6, 6.07) is -1.87. The second-order valence-corrected chi connectivity index (χ2v) is 5.12. The fourth-order valence-corrected chi connectivity index (χ4v) is 3.26. The van der Waals surface area contributed by atoms with Crippen molar-refractivity contribution >= 4 is 23.6 Å². The third-order valence-electron chi connectivity index (χ3n) is 2.50. The van der Waals surface area contributed by atoms with Gasteiger partial charge in [0.15, 0.2) is 6.04 Å². The Bertz CT molecular complexity index is 319. The van der Waals surface area contributed by atoms with E-state index in [0.717, 1.165) is 16.7 Å². The summed E-state index contributed by atoms with van der Waals surface area (Å²) in [6.45, 7) is 1.38. The summed E-state index contributed by atoms with van der Waals surface area (Å²) in [7, 11) is 0. The number of hydrogen-bond donors (Lipinski definition) is 3. The molecule has 2 saturated heterocycles. The number of carboxylic acid groups (broad SMARTS) is 1. The van der Waals surface area contributed by atoms with Crippen LogP contribution in [0.4, 0.5) is 0 Å². The average molecular weight is 218 g/mol. The molecular formula is C7H10N2O4S. The highest BCUT2D eigenvalue weighted by molar-refractivity contribution is 8.01. The number of carbonyl (C=O) groups is 2. The second kappa shape index (κ2) is 2.62. The van der Waals surface area contributed by atoms with Gasteiger partial charge in [0, 0.05) is 0 Å². The molecule has 6 nitrogen and oxygen atoms in total. The van der Waals surface area contributed by atoms with Crippen molar-refractivity contribution in [2.24, 2.45) is 5.73 Å². The summed E-state index contributed by atoms with van der Waals surface area (Å²) in [6.07, 6.45) is 0. The van der Waals surface area contributed by atoms with Gasteiger partial charge in [-0.3, -0.25) is 4.79 Å². The van der Waals surface area contributed by atoms with Crippen LogP contribution in [0, 0.1) is 0 Å². The maximum absolute atomic E-state index is 11.3. The van der Waals surface area contributed by atoms with Crippen molar-refractivity contribution in [1.29, 1.82) is 0 Å². The SMILES string of the molecule is CC1(O)SC2C(N)C(=O)N2C1C(=O)O. The van der Waals surface area contributed by atoms with E-state index in [1.807, 2.05) is 0 Å². The van der Waals surface area contributed by atoms with Gasteiger partial charge in [0.1, 0.15) is 16.3 Å². The second-order valence-electron chi connectivity index (χ2n) is 3.58. The van der Waals surface area contributed by atoms with E-state index in [0.29, 0.717) is 0 Å². The van der Waals surface area contributed by atoms with E-state index >= 15 is 0 Å². The minimum absolute atomic E-state index is 0.404. The number of aliphatic carboxylic acids is 1. The molecule has 2 aliphatic heterocycles. The Morgan fingerprint density at radius 3 is 2.79 bits per heavy atom. The third kappa shape index (κ3) is 0.999. The van der Waals surface area contributed by atoms with E-state index in [4.69, 9.17) is 10.8 Å². The lowest BCUT2D eigenvalue weighted by molar-refractivity contribution is -0.163. The van der Waals surface area contributed by atoms with Crippen molar-refractivity contribution in [3.8, 4) is 0 Å². The Hall–Kier alpha value is -0.790. The predicted molar refractivity (Wildman–Crippen MR) is 48.2 cm³/mol. The van der Waals surface area contributed by atoms with Crippen LogP contribution in [0.2, 0.25) is 0 Å². The van der Waals surface area contributed by atoms with Gasteiger partial charge in [0.25, 0.3) is 0 Å². The van der Waals surface area contributed by atoms with E-state index in [9.17, 15) is 14.7 Å². The lowest BCUT2D eigenvalue weighted by atomic mass is 10.0. The summed E-state index contributed by atoms with van der Waals surface area (Å²) < 4.78 is 0. The van der Waals surface area contributed by atoms with Crippen molar-refractivity contribution in [2.75, 3.05) is 0 Å². The van der Waals surface area contributed by atoms with Crippen LogP contribution in [-0.2, 0) is 9.59 Å². The summed E-state index contributed by atoms with van der Waals surface area (Å²) in [5.74, 6) is -1.61. The molecule has 0 aliphatic carbocycles. The molecule has 0 aromatic heterocycles. The van der Waals surface area contributed by atoms with Crippen LogP contribution in [0.1, 0.15) is 6.92 Å². The molecule has 2 aliphatic rings. The summed E-state index contributed by atoms with van der Waals surface area (Å²) >= 11 is 1.02. The molecule has 0 bridgehead atoms. The maximum Gasteiger partial charge on any atom is 0.330 e. The first-order valence-corrected chi connectivity index (χ1v) is 4.95. The molecule has 2 rings (SSSR count). The van der Waals surface area contributed by atoms with Gasteiger partial charge in [0.05, 0.1) is 0 Å². The molecule has 0 saturated carbocycles. The van der Waals surface area contributed by atoms with Crippen LogP contribution >= 0.6 is 11.8 Å². The smallest absolute Gasteiger partial charge is 0.330 e. The fraction of sp³-hybridized carbons (Fsp3) is 0.714. The summed E-state index contributed by atoms with van der Waals surface area (Å²) in [5, 5.41) is 18.2. The van der Waals surface area contributed by atoms with Crippen molar-refractivity contribution in [3.63, 3.8) is 0 Å². The van der Waals surface area contributed by atoms with Crippen LogP contribution in [0.5, 0.6) is 0 Å². The fourth-order valence-electron chi connectivity index (χ4n) is 1.83. The number of nitrogens with zero attached hydrogens (tertiary/aromatic N) is 1. The highest BCUT2D eigenvalue weighted by Crippen LogP contribution is 2.48. The highest BCUT2D eigenvalue weighted by atomic mass is 32.2. The molecule has 4 atom stereocenters. The third-order valence-corrected chi connectivity index (χ3v) is 3.96. The Morgan fingerprint density at radius 2 is 2.29 bits per heavy atom. The summed E-state index contributed by atoms with van der Waals surface area (Å²) in [5.41, 5.74) is 5.47. The maximum atomic E-state index is 11.3. The van der Waals surface area contributed by atoms with Crippen LogP contribution < -0.4 is 5.73 Å². The number of amides is 1. The highest BCUT2D eigenvalue weighted by Gasteiger charge is 2.64. The van der Waals surface area contributed by atoms with Crippen molar-refractivity contribution in [2.45, 2.75) is 29.3 Å². The predicted octanol–water partition coefficient (Wildman–Crippen LogP) is -1.61. The topological polar surface area (TPSA) is 104 Å². The van der Waals surface area contributed by atoms with Crippen molar-refractivity contribution in [1.82, 2.24) is 4.90 Å². The van der Waals surface area contributed by atoms with Crippen LogP contribution in [0.25, 0.3) is 0 Å². The number of rotatable bonds is 1. The van der Waals surface area contributed by atoms with E-state index in [2.05, 4.69) is 0 Å². The molecule has 0 spiro atoms. The molecule has 4 N–H and O–H groups in total. The molecule has 14 heavy (non-hydrogen) atoms. The van der Waals surface area contributed by atoms with Crippen molar-refractivity contribution in [3.05, 3.63) is 0 Å². The molecule has 78 valence electrons. The molecule has 0 aromatic carbocycles. The molecule has 1 amide bonds. The van der Waals surface area contributed by atoms with Gasteiger partial charge in [-0.25, -0.2) is 4.79 Å². The van der Waals surface area contributed by atoms with Gasteiger partial charge in [-0.1, -0.05) is 11.8 Å². The van der Waals surface area contributed by atoms with Gasteiger partial charge in [-0.2, -0.15) is 0 Å². The first-order valence-electron chi connectivity index (χ1n) is 4.07. The normalized spacial score (nSPS) is 46.1. The molecule has 0 radical (unpaired) electrons. The molecule has 0 aromatic rings. The van der Waals surface area contributed by atoms with E-state index in [1.54, 1.807) is 0 Å². The first kappa shape index (κ1) is 9.75. The number of β-lactam (4-membered cyclic amide) rings is 1. The van der Waals surface area contributed by atoms with Crippen LogP contribution in [-0.4, -0.2) is 49.4 Å². The Morgan fingerprint density at radius 1 is 1.71 bits per heavy atom. The number of thioether (sulfide) groups is 1. The minimum Gasteiger partial charge on any atom is -0.480 e. The number of carbonyl (C=O) groups excluding carboxylic acids is 1. The van der Waals surface area contributed by atoms with Gasteiger partial charge in [0.2, 0.25) is 5.91 Å². The molecular weight excluding hydrogens is 208 g/mol. The van der Waals surface area contributed by atoms with Gasteiger partial charge in [-0.05, 0) is 6.92 Å². The molecule has 4 unspecified atom stereocenters. The number of aliphatic hydroxyl groups is 1. The Labute approximate surface area is 84.1 Å². The Kier molecular flexibility index (Phi) is 1.82. The van der Waals surface area contributed by atoms with Gasteiger partial charge >= 0.3 is 5.97 Å². The zero-order valence-corrected chi connectivity index (χ0v) is 8.19. The lowest BCUT2D eigenvalue weighted by Gasteiger charge is -2.41. The molecule has 2 heterocycles. The number of carboxylic acids is 1. The zero-order valence-electron chi connectivity index (χ0n) is 7.38. The number of nitrogens with two attached hydrogens (primary N) is 1. The van der Waals surface area contributed by atoms with E-state index in [1.165, 1.54) is 6.92 Å². The van der Waals surface area contributed by atoms with Crippen LogP contribution in [0.3, 0.4) is 0 Å². The monoisotopic (exact) mass is 218 g/mol. The van der Waals surface area contributed by atoms with Crippen LogP contribution in [0.15, 0.2) is 0 Å². The largest absolute Gasteiger partial charge is 0.480 e. The average Bonchev–Trinajstić information content (AvgIpc) is 2.34. The lowest BCUT2D eigenvalue weighted by Crippen LogP contribution is -2.68. The van der Waals surface area contributed by atoms with Gasteiger partial charge in [-0.15, -0.1) is 0 Å². The number of fused-ring (bicyclic) bond motifs is 1.